The van der Waals surface area contributed by atoms with Gasteiger partial charge in [-0.25, -0.2) is 4.39 Å². The fourth-order valence-corrected chi connectivity index (χ4v) is 1.55. The van der Waals surface area contributed by atoms with E-state index in [0.717, 1.165) is 0 Å². The summed E-state index contributed by atoms with van der Waals surface area (Å²) in [5, 5.41) is 9.28. The number of carbonyl (C=O) groups is 1. The molecule has 1 N–H and O–H groups in total. The monoisotopic (exact) mass is 230 g/mol. The van der Waals surface area contributed by atoms with Gasteiger partial charge in [0, 0.05) is 11.1 Å². The molecular formula is C14H11FO2. The van der Waals surface area contributed by atoms with E-state index in [0.29, 0.717) is 11.1 Å². The van der Waals surface area contributed by atoms with Crippen LogP contribution in [0.3, 0.4) is 0 Å². The second kappa shape index (κ2) is 4.37. The van der Waals surface area contributed by atoms with Crippen LogP contribution in [0.25, 0.3) is 0 Å². The van der Waals surface area contributed by atoms with Gasteiger partial charge in [-0.15, -0.1) is 0 Å². The molecule has 17 heavy (non-hydrogen) atoms. The van der Waals surface area contributed by atoms with E-state index in [1.54, 1.807) is 31.2 Å². The van der Waals surface area contributed by atoms with E-state index >= 15 is 0 Å². The van der Waals surface area contributed by atoms with Gasteiger partial charge in [0.15, 0.2) is 5.78 Å². The Morgan fingerprint density at radius 2 is 1.82 bits per heavy atom. The summed E-state index contributed by atoms with van der Waals surface area (Å²) in [5.41, 5.74) is 1.12. The highest BCUT2D eigenvalue weighted by atomic mass is 19.1. The number of aryl methyl sites for hydroxylation is 1. The summed E-state index contributed by atoms with van der Waals surface area (Å²) in [6, 6.07) is 10.3. The topological polar surface area (TPSA) is 37.3 Å². The molecule has 0 fully saturated rings. The zero-order chi connectivity index (χ0) is 12.4. The van der Waals surface area contributed by atoms with E-state index in [9.17, 15) is 14.3 Å². The quantitative estimate of drug-likeness (QED) is 0.805. The number of hydrogen-bond donors (Lipinski definition) is 1. The van der Waals surface area contributed by atoms with E-state index in [1.165, 1.54) is 18.2 Å². The summed E-state index contributed by atoms with van der Waals surface area (Å²) in [6.07, 6.45) is 0. The summed E-state index contributed by atoms with van der Waals surface area (Å²) in [5.74, 6) is -0.695. The Morgan fingerprint density at radius 1 is 1.12 bits per heavy atom. The lowest BCUT2D eigenvalue weighted by Crippen LogP contribution is -2.02. The maximum atomic E-state index is 13.3. The molecular weight excluding hydrogens is 219 g/mol. The highest BCUT2D eigenvalue weighted by Gasteiger charge is 2.11. The first-order chi connectivity index (χ1) is 8.08. The highest BCUT2D eigenvalue weighted by Crippen LogP contribution is 2.17. The van der Waals surface area contributed by atoms with Gasteiger partial charge in [0.1, 0.15) is 11.6 Å². The Balaban J connectivity index is 2.40. The van der Waals surface area contributed by atoms with Crippen molar-refractivity contribution < 1.29 is 14.3 Å². The lowest BCUT2D eigenvalue weighted by Gasteiger charge is -2.03. The van der Waals surface area contributed by atoms with Crippen LogP contribution in [0.4, 0.5) is 4.39 Å². The van der Waals surface area contributed by atoms with Crippen molar-refractivity contribution in [1.29, 1.82) is 0 Å². The van der Waals surface area contributed by atoms with Crippen molar-refractivity contribution in [3.63, 3.8) is 0 Å². The molecule has 0 amide bonds. The SMILES string of the molecule is Cc1ccc(C(=O)c2cccc(O)c2)cc1F. The normalized spacial score (nSPS) is 10.2. The van der Waals surface area contributed by atoms with E-state index in [-0.39, 0.29) is 17.1 Å². The van der Waals surface area contributed by atoms with Crippen LogP contribution in [-0.2, 0) is 0 Å². The Hall–Kier alpha value is -2.16. The van der Waals surface area contributed by atoms with Gasteiger partial charge >= 0.3 is 0 Å². The van der Waals surface area contributed by atoms with Gasteiger partial charge in [0.2, 0.25) is 0 Å². The minimum atomic E-state index is -0.406. The highest BCUT2D eigenvalue weighted by molar-refractivity contribution is 6.09. The molecule has 86 valence electrons. The van der Waals surface area contributed by atoms with Crippen LogP contribution in [0.1, 0.15) is 21.5 Å². The average Bonchev–Trinajstić information content (AvgIpc) is 2.32. The van der Waals surface area contributed by atoms with E-state index in [1.807, 2.05) is 0 Å². The Labute approximate surface area is 98.3 Å². The molecule has 0 unspecified atom stereocenters. The van der Waals surface area contributed by atoms with Crippen molar-refractivity contribution in [2.75, 3.05) is 0 Å². The van der Waals surface area contributed by atoms with Crippen LogP contribution in [0.15, 0.2) is 42.5 Å². The number of hydrogen-bond acceptors (Lipinski definition) is 2. The second-order valence-corrected chi connectivity index (χ2v) is 3.84. The molecule has 2 nitrogen and oxygen atoms in total. The lowest BCUT2D eigenvalue weighted by molar-refractivity contribution is 0.103. The van der Waals surface area contributed by atoms with Gasteiger partial charge in [0.25, 0.3) is 0 Å². The predicted molar refractivity (Wildman–Crippen MR) is 62.7 cm³/mol. The number of rotatable bonds is 2. The number of phenols is 1. The first-order valence-corrected chi connectivity index (χ1v) is 5.18. The zero-order valence-corrected chi connectivity index (χ0v) is 9.27. The first kappa shape index (κ1) is 11.3. The minimum Gasteiger partial charge on any atom is -0.508 e. The van der Waals surface area contributed by atoms with E-state index in [4.69, 9.17) is 0 Å². The molecule has 2 aromatic carbocycles. The summed E-state index contributed by atoms with van der Waals surface area (Å²) < 4.78 is 13.3. The molecule has 0 saturated heterocycles. The van der Waals surface area contributed by atoms with Crippen LogP contribution >= 0.6 is 0 Å². The molecule has 0 aromatic heterocycles. The van der Waals surface area contributed by atoms with Gasteiger partial charge in [-0.1, -0.05) is 24.3 Å². The molecule has 0 atom stereocenters. The zero-order valence-electron chi connectivity index (χ0n) is 9.27. The third-order valence-corrected chi connectivity index (χ3v) is 2.54. The van der Waals surface area contributed by atoms with Crippen molar-refractivity contribution in [2.45, 2.75) is 6.92 Å². The average molecular weight is 230 g/mol. The molecule has 2 rings (SSSR count). The number of carbonyl (C=O) groups excluding carboxylic acids is 1. The van der Waals surface area contributed by atoms with Gasteiger partial charge < -0.3 is 5.11 Å². The largest absolute Gasteiger partial charge is 0.508 e. The number of halogens is 1. The number of benzene rings is 2. The van der Waals surface area contributed by atoms with Gasteiger partial charge in [-0.2, -0.15) is 0 Å². The summed E-state index contributed by atoms with van der Waals surface area (Å²) >= 11 is 0. The molecule has 0 aliphatic heterocycles. The third-order valence-electron chi connectivity index (χ3n) is 2.54. The molecule has 0 aliphatic carbocycles. The molecule has 0 spiro atoms. The van der Waals surface area contributed by atoms with E-state index in [2.05, 4.69) is 0 Å². The minimum absolute atomic E-state index is 0.0171. The molecule has 3 heteroatoms. The van der Waals surface area contributed by atoms with Crippen molar-refractivity contribution in [3.8, 4) is 5.75 Å². The van der Waals surface area contributed by atoms with Crippen LogP contribution in [-0.4, -0.2) is 10.9 Å². The van der Waals surface area contributed by atoms with Crippen molar-refractivity contribution in [1.82, 2.24) is 0 Å². The van der Waals surface area contributed by atoms with Crippen molar-refractivity contribution in [3.05, 3.63) is 65.0 Å². The predicted octanol–water partition coefficient (Wildman–Crippen LogP) is 3.07. The Bertz CT molecular complexity index is 576. The Kier molecular flexibility index (Phi) is 2.91. The second-order valence-electron chi connectivity index (χ2n) is 3.84. The summed E-state index contributed by atoms with van der Waals surface area (Å²) in [7, 11) is 0. The van der Waals surface area contributed by atoms with Crippen LogP contribution in [0.5, 0.6) is 5.75 Å². The first-order valence-electron chi connectivity index (χ1n) is 5.18. The van der Waals surface area contributed by atoms with Crippen molar-refractivity contribution >= 4 is 5.78 Å². The van der Waals surface area contributed by atoms with E-state index < -0.39 is 5.82 Å². The molecule has 0 radical (unpaired) electrons. The maximum absolute atomic E-state index is 13.3. The molecule has 2 aromatic rings. The van der Waals surface area contributed by atoms with Gasteiger partial charge in [0.05, 0.1) is 0 Å². The third kappa shape index (κ3) is 2.33. The molecule has 0 aliphatic rings. The number of aromatic hydroxyl groups is 1. The van der Waals surface area contributed by atoms with Gasteiger partial charge in [-0.05, 0) is 30.7 Å². The lowest BCUT2D eigenvalue weighted by atomic mass is 10.0. The number of ketones is 1. The van der Waals surface area contributed by atoms with Crippen LogP contribution in [0.2, 0.25) is 0 Å². The number of phenolic OH excluding ortho intramolecular Hbond substituents is 1. The fraction of sp³-hybridized carbons (Fsp3) is 0.0714. The Morgan fingerprint density at radius 3 is 2.47 bits per heavy atom. The summed E-state index contributed by atoms with van der Waals surface area (Å²) in [4.78, 5) is 12.0. The van der Waals surface area contributed by atoms with Gasteiger partial charge in [-0.3, -0.25) is 4.79 Å². The fourth-order valence-electron chi connectivity index (χ4n) is 1.55. The standard InChI is InChI=1S/C14H11FO2/c1-9-5-6-11(8-13(9)15)14(17)10-3-2-4-12(16)7-10/h2-8,16H,1H3. The van der Waals surface area contributed by atoms with Crippen molar-refractivity contribution in [2.24, 2.45) is 0 Å². The maximum Gasteiger partial charge on any atom is 0.193 e. The van der Waals surface area contributed by atoms with Crippen LogP contribution < -0.4 is 0 Å². The molecule has 0 bridgehead atoms. The summed E-state index contributed by atoms with van der Waals surface area (Å²) in [6.45, 7) is 1.64. The molecule has 0 saturated carbocycles. The molecule has 0 heterocycles. The van der Waals surface area contributed by atoms with Crippen LogP contribution in [0, 0.1) is 12.7 Å². The smallest absolute Gasteiger partial charge is 0.193 e.